The Balaban J connectivity index is 1.86. The third kappa shape index (κ3) is 6.22. The van der Waals surface area contributed by atoms with E-state index >= 15 is 0 Å². The summed E-state index contributed by atoms with van der Waals surface area (Å²) in [6.45, 7) is -0.442. The molecular weight excluding hydrogens is 508 g/mol. The summed E-state index contributed by atoms with van der Waals surface area (Å²) in [5.41, 5.74) is 0.427. The summed E-state index contributed by atoms with van der Waals surface area (Å²) >= 11 is 12.0. The van der Waals surface area contributed by atoms with Crippen molar-refractivity contribution < 1.29 is 22.5 Å². The molecule has 178 valence electrons. The summed E-state index contributed by atoms with van der Waals surface area (Å²) in [5, 5.41) is 13.9. The van der Waals surface area contributed by atoms with Crippen LogP contribution in [-0.4, -0.2) is 32.3 Å². The summed E-state index contributed by atoms with van der Waals surface area (Å²) in [6.07, 6.45) is 0.399. The van der Waals surface area contributed by atoms with Crippen molar-refractivity contribution in [2.75, 3.05) is 17.4 Å². The van der Waals surface area contributed by atoms with Gasteiger partial charge in [-0.2, -0.15) is 0 Å². The first-order valence-corrected chi connectivity index (χ1v) is 12.0. The van der Waals surface area contributed by atoms with Crippen LogP contribution in [0.3, 0.4) is 0 Å². The Morgan fingerprint density at radius 1 is 1.03 bits per heavy atom. The molecule has 3 aromatic rings. The van der Waals surface area contributed by atoms with Crippen LogP contribution in [0.2, 0.25) is 10.0 Å². The third-order valence-electron chi connectivity index (χ3n) is 4.74. The molecule has 0 spiro atoms. The lowest BCUT2D eigenvalue weighted by atomic mass is 10.1. The summed E-state index contributed by atoms with van der Waals surface area (Å²) in [5.74, 6) is -1.00. The molecule has 0 bridgehead atoms. The fourth-order valence-electron chi connectivity index (χ4n) is 3.03. The van der Waals surface area contributed by atoms with Crippen molar-refractivity contribution >= 4 is 50.5 Å². The number of anilines is 1. The maximum atomic E-state index is 13.4. The predicted molar refractivity (Wildman–Crippen MR) is 127 cm³/mol. The Morgan fingerprint density at radius 2 is 1.68 bits per heavy atom. The molecule has 0 aliphatic rings. The fourth-order valence-corrected chi connectivity index (χ4v) is 5.07. The summed E-state index contributed by atoms with van der Waals surface area (Å²) in [6, 6.07) is 14.5. The van der Waals surface area contributed by atoms with Crippen molar-refractivity contribution in [2.24, 2.45) is 0 Å². The van der Waals surface area contributed by atoms with E-state index in [1.807, 2.05) is 0 Å². The van der Waals surface area contributed by atoms with Gasteiger partial charge >= 0.3 is 0 Å². The molecule has 0 saturated heterocycles. The molecule has 0 radical (unpaired) electrons. The maximum Gasteiger partial charge on any atom is 0.270 e. The number of carbonyl (C=O) groups is 1. The lowest BCUT2D eigenvalue weighted by molar-refractivity contribution is -0.385. The quantitative estimate of drug-likeness (QED) is 0.324. The largest absolute Gasteiger partial charge is 0.354 e. The molecule has 0 heterocycles. The number of benzene rings is 3. The lowest BCUT2D eigenvalue weighted by Crippen LogP contribution is -2.41. The van der Waals surface area contributed by atoms with Crippen molar-refractivity contribution in [1.29, 1.82) is 0 Å². The van der Waals surface area contributed by atoms with Crippen LogP contribution in [-0.2, 0) is 21.2 Å². The van der Waals surface area contributed by atoms with Crippen molar-refractivity contribution in [3.05, 3.63) is 98.3 Å². The number of hydrogen-bond acceptors (Lipinski definition) is 5. The Morgan fingerprint density at radius 3 is 2.29 bits per heavy atom. The third-order valence-corrected chi connectivity index (χ3v) is 7.25. The number of halogens is 3. The second kappa shape index (κ2) is 10.8. The standard InChI is InChI=1S/C22H18Cl2FN3O5S/c23-16-3-7-18(8-4-16)27(14-22(29)26-12-11-15-1-5-17(25)6-2-15)34(32,33)21-13-19(28(30)31)9-10-20(21)24/h1-10,13H,11-12,14H2,(H,26,29). The van der Waals surface area contributed by atoms with Crippen molar-refractivity contribution in [3.8, 4) is 0 Å². The van der Waals surface area contributed by atoms with Gasteiger partial charge in [-0.3, -0.25) is 19.2 Å². The van der Waals surface area contributed by atoms with E-state index in [-0.39, 0.29) is 23.1 Å². The van der Waals surface area contributed by atoms with Crippen LogP contribution in [0, 0.1) is 15.9 Å². The number of non-ortho nitro benzene ring substituents is 1. The van der Waals surface area contributed by atoms with Crippen LogP contribution in [0.4, 0.5) is 15.8 Å². The molecule has 0 fully saturated rings. The van der Waals surface area contributed by atoms with Crippen LogP contribution >= 0.6 is 23.2 Å². The van der Waals surface area contributed by atoms with Gasteiger partial charge in [0.15, 0.2) is 0 Å². The van der Waals surface area contributed by atoms with Gasteiger partial charge in [-0.05, 0) is 54.4 Å². The monoisotopic (exact) mass is 525 g/mol. The second-order valence-corrected chi connectivity index (χ2v) is 9.76. The molecule has 8 nitrogen and oxygen atoms in total. The highest BCUT2D eigenvalue weighted by atomic mass is 35.5. The number of nitrogens with zero attached hydrogens (tertiary/aromatic N) is 2. The van der Waals surface area contributed by atoms with Crippen LogP contribution in [0.5, 0.6) is 0 Å². The van der Waals surface area contributed by atoms with E-state index in [4.69, 9.17) is 23.2 Å². The van der Waals surface area contributed by atoms with Crippen LogP contribution in [0.15, 0.2) is 71.6 Å². The molecule has 3 aromatic carbocycles. The molecule has 0 aliphatic carbocycles. The molecule has 0 aliphatic heterocycles. The number of nitro groups is 1. The molecule has 0 atom stereocenters. The minimum atomic E-state index is -4.48. The van der Waals surface area contributed by atoms with E-state index in [0.29, 0.717) is 11.4 Å². The van der Waals surface area contributed by atoms with E-state index in [0.717, 1.165) is 28.1 Å². The van der Waals surface area contributed by atoms with Crippen LogP contribution in [0.25, 0.3) is 0 Å². The van der Waals surface area contributed by atoms with Crippen molar-refractivity contribution in [3.63, 3.8) is 0 Å². The molecular formula is C22H18Cl2FN3O5S. The predicted octanol–water partition coefficient (Wildman–Crippen LogP) is 4.59. The van der Waals surface area contributed by atoms with Crippen LogP contribution < -0.4 is 9.62 Å². The number of hydrogen-bond donors (Lipinski definition) is 1. The first-order valence-electron chi connectivity index (χ1n) is 9.81. The minimum Gasteiger partial charge on any atom is -0.354 e. The smallest absolute Gasteiger partial charge is 0.270 e. The fraction of sp³-hybridized carbons (Fsp3) is 0.136. The van der Waals surface area contributed by atoms with Gasteiger partial charge in [-0.25, -0.2) is 12.8 Å². The van der Waals surface area contributed by atoms with E-state index in [1.165, 1.54) is 36.4 Å². The van der Waals surface area contributed by atoms with Gasteiger partial charge in [-0.1, -0.05) is 35.3 Å². The van der Waals surface area contributed by atoms with Crippen molar-refractivity contribution in [1.82, 2.24) is 5.32 Å². The molecule has 12 heteroatoms. The Bertz CT molecular complexity index is 1300. The first kappa shape index (κ1) is 25.4. The molecule has 0 unspecified atom stereocenters. The molecule has 1 amide bonds. The van der Waals surface area contributed by atoms with E-state index in [1.54, 1.807) is 12.1 Å². The number of nitrogens with one attached hydrogen (secondary N) is 1. The highest BCUT2D eigenvalue weighted by Gasteiger charge is 2.30. The van der Waals surface area contributed by atoms with E-state index in [9.17, 15) is 27.7 Å². The van der Waals surface area contributed by atoms with Gasteiger partial charge in [-0.15, -0.1) is 0 Å². The number of carbonyl (C=O) groups excluding carboxylic acids is 1. The second-order valence-electron chi connectivity index (χ2n) is 7.09. The van der Waals surface area contributed by atoms with E-state index < -0.39 is 38.0 Å². The average molecular weight is 526 g/mol. The molecule has 34 heavy (non-hydrogen) atoms. The lowest BCUT2D eigenvalue weighted by Gasteiger charge is -2.24. The summed E-state index contributed by atoms with van der Waals surface area (Å²) in [4.78, 5) is 22.5. The van der Waals surface area contributed by atoms with Gasteiger partial charge in [0.05, 0.1) is 15.6 Å². The zero-order valence-electron chi connectivity index (χ0n) is 17.4. The van der Waals surface area contributed by atoms with Crippen LogP contribution in [0.1, 0.15) is 5.56 Å². The average Bonchev–Trinajstić information content (AvgIpc) is 2.79. The number of nitro benzene ring substituents is 1. The van der Waals surface area contributed by atoms with Gasteiger partial charge in [0.1, 0.15) is 17.3 Å². The van der Waals surface area contributed by atoms with Crippen molar-refractivity contribution in [2.45, 2.75) is 11.3 Å². The highest BCUT2D eigenvalue weighted by Crippen LogP contribution is 2.31. The molecule has 0 saturated carbocycles. The van der Waals surface area contributed by atoms with Gasteiger partial charge in [0.2, 0.25) is 5.91 Å². The topological polar surface area (TPSA) is 110 Å². The van der Waals surface area contributed by atoms with Gasteiger partial charge < -0.3 is 5.32 Å². The molecule has 0 aromatic heterocycles. The Hall–Kier alpha value is -3.21. The maximum absolute atomic E-state index is 13.4. The number of sulfonamides is 1. The van der Waals surface area contributed by atoms with E-state index in [2.05, 4.69) is 5.32 Å². The number of amides is 1. The summed E-state index contributed by atoms with van der Waals surface area (Å²) in [7, 11) is -4.48. The highest BCUT2D eigenvalue weighted by molar-refractivity contribution is 7.93. The van der Waals surface area contributed by atoms with Gasteiger partial charge in [0.25, 0.3) is 15.7 Å². The van der Waals surface area contributed by atoms with Gasteiger partial charge in [0, 0.05) is 23.7 Å². The normalized spacial score (nSPS) is 11.1. The molecule has 3 rings (SSSR count). The minimum absolute atomic E-state index is 0.112. The zero-order valence-corrected chi connectivity index (χ0v) is 19.8. The SMILES string of the molecule is O=C(CN(c1ccc(Cl)cc1)S(=O)(=O)c1cc([N+](=O)[O-])ccc1Cl)NCCc1ccc(F)cc1. The molecule has 1 N–H and O–H groups in total. The zero-order chi connectivity index (χ0) is 24.9. The first-order chi connectivity index (χ1) is 16.1. The Kier molecular flexibility index (Phi) is 8.08. The Labute approximate surface area is 205 Å². The number of rotatable bonds is 9. The summed E-state index contributed by atoms with van der Waals surface area (Å²) < 4.78 is 40.7.